The summed E-state index contributed by atoms with van der Waals surface area (Å²) in [7, 11) is 0. The van der Waals surface area contributed by atoms with Gasteiger partial charge in [-0.15, -0.1) is 0 Å². The third kappa shape index (κ3) is 3.18. The first kappa shape index (κ1) is 13.9. The summed E-state index contributed by atoms with van der Waals surface area (Å²) >= 11 is 1.26. The van der Waals surface area contributed by atoms with E-state index in [0.717, 1.165) is 12.0 Å². The molecule has 1 aromatic carbocycles. The van der Waals surface area contributed by atoms with Gasteiger partial charge in [-0.25, -0.2) is 9.37 Å². The van der Waals surface area contributed by atoms with E-state index in [-0.39, 0.29) is 17.8 Å². The Hall–Kier alpha value is -2.02. The van der Waals surface area contributed by atoms with Gasteiger partial charge in [0, 0.05) is 24.6 Å². The maximum absolute atomic E-state index is 12.9. The standard InChI is InChI=1S/C14H15FN4OS/c1-9-16-14(21-18-9)17-12-6-7-19(13(12)20)8-10-2-4-11(15)5-3-10/h2-5,12H,6-8H2,1H3,(H,16,17,18). The second-order valence-corrected chi connectivity index (χ2v) is 5.77. The predicted octanol–water partition coefficient (Wildman–Crippen LogP) is 2.20. The summed E-state index contributed by atoms with van der Waals surface area (Å²) in [4.78, 5) is 18.3. The number of carbonyl (C=O) groups excluding carboxylic acids is 1. The molecule has 1 N–H and O–H groups in total. The van der Waals surface area contributed by atoms with Crippen molar-refractivity contribution in [3.8, 4) is 0 Å². The molecule has 0 aliphatic carbocycles. The van der Waals surface area contributed by atoms with Gasteiger partial charge in [0.25, 0.3) is 0 Å². The highest BCUT2D eigenvalue weighted by Crippen LogP contribution is 2.20. The normalized spacial score (nSPS) is 18.3. The third-order valence-corrected chi connectivity index (χ3v) is 4.15. The number of halogens is 1. The van der Waals surface area contributed by atoms with Crippen LogP contribution < -0.4 is 5.32 Å². The summed E-state index contributed by atoms with van der Waals surface area (Å²) in [5.41, 5.74) is 0.928. The van der Waals surface area contributed by atoms with Crippen molar-refractivity contribution in [3.05, 3.63) is 41.5 Å². The Balaban J connectivity index is 1.62. The topological polar surface area (TPSA) is 58.1 Å². The highest BCUT2D eigenvalue weighted by atomic mass is 32.1. The van der Waals surface area contributed by atoms with Gasteiger partial charge in [-0.1, -0.05) is 12.1 Å². The average molecular weight is 306 g/mol. The van der Waals surface area contributed by atoms with Gasteiger partial charge in [0.2, 0.25) is 11.0 Å². The first-order valence-corrected chi connectivity index (χ1v) is 7.49. The Labute approximate surface area is 126 Å². The van der Waals surface area contributed by atoms with E-state index in [1.165, 1.54) is 23.7 Å². The van der Waals surface area contributed by atoms with E-state index < -0.39 is 0 Å². The molecule has 1 atom stereocenters. The smallest absolute Gasteiger partial charge is 0.245 e. The number of nitrogens with one attached hydrogen (secondary N) is 1. The molecular formula is C14H15FN4OS. The number of nitrogens with zero attached hydrogens (tertiary/aromatic N) is 3. The number of carbonyl (C=O) groups is 1. The van der Waals surface area contributed by atoms with E-state index in [0.29, 0.717) is 24.0 Å². The lowest BCUT2D eigenvalue weighted by atomic mass is 10.2. The highest BCUT2D eigenvalue weighted by molar-refractivity contribution is 7.09. The zero-order valence-electron chi connectivity index (χ0n) is 11.5. The minimum atomic E-state index is -0.266. The molecule has 1 saturated heterocycles. The number of aryl methyl sites for hydroxylation is 1. The van der Waals surface area contributed by atoms with Gasteiger partial charge >= 0.3 is 0 Å². The fourth-order valence-corrected chi connectivity index (χ4v) is 2.97. The lowest BCUT2D eigenvalue weighted by Gasteiger charge is -2.17. The number of amides is 1. The molecule has 2 aromatic rings. The minimum absolute atomic E-state index is 0.0483. The summed E-state index contributed by atoms with van der Waals surface area (Å²) in [5.74, 6) is 0.487. The fraction of sp³-hybridized carbons (Fsp3) is 0.357. The maximum Gasteiger partial charge on any atom is 0.245 e. The second-order valence-electron chi connectivity index (χ2n) is 5.02. The van der Waals surface area contributed by atoms with Gasteiger partial charge in [0.15, 0.2) is 0 Å². The van der Waals surface area contributed by atoms with Crippen LogP contribution in [0.3, 0.4) is 0 Å². The number of benzene rings is 1. The minimum Gasteiger partial charge on any atom is -0.348 e. The Kier molecular flexibility index (Phi) is 3.83. The summed E-state index contributed by atoms with van der Waals surface area (Å²) in [6.45, 7) is 3.01. The molecule has 110 valence electrons. The van der Waals surface area contributed by atoms with Gasteiger partial charge in [-0.2, -0.15) is 4.37 Å². The van der Waals surface area contributed by atoms with Crippen molar-refractivity contribution >= 4 is 22.6 Å². The molecule has 3 rings (SSSR count). The van der Waals surface area contributed by atoms with E-state index in [4.69, 9.17) is 0 Å². The van der Waals surface area contributed by atoms with Crippen LogP contribution in [0.5, 0.6) is 0 Å². The molecule has 5 nitrogen and oxygen atoms in total. The van der Waals surface area contributed by atoms with E-state index in [1.54, 1.807) is 17.0 Å². The van der Waals surface area contributed by atoms with E-state index in [2.05, 4.69) is 14.7 Å². The van der Waals surface area contributed by atoms with Gasteiger partial charge < -0.3 is 10.2 Å². The van der Waals surface area contributed by atoms with Crippen LogP contribution in [0.4, 0.5) is 9.52 Å². The number of aromatic nitrogens is 2. The van der Waals surface area contributed by atoms with Crippen molar-refractivity contribution in [3.63, 3.8) is 0 Å². The van der Waals surface area contributed by atoms with Gasteiger partial charge in [0.05, 0.1) is 0 Å². The number of rotatable bonds is 4. The van der Waals surface area contributed by atoms with E-state index in [1.807, 2.05) is 6.92 Å². The quantitative estimate of drug-likeness (QED) is 0.941. The lowest BCUT2D eigenvalue weighted by molar-refractivity contribution is -0.128. The van der Waals surface area contributed by atoms with Crippen LogP contribution in [0.1, 0.15) is 17.8 Å². The molecule has 21 heavy (non-hydrogen) atoms. The number of anilines is 1. The molecule has 7 heteroatoms. The van der Waals surface area contributed by atoms with Crippen LogP contribution in [0.25, 0.3) is 0 Å². The molecule has 0 spiro atoms. The van der Waals surface area contributed by atoms with Crippen molar-refractivity contribution in [1.82, 2.24) is 14.3 Å². The number of hydrogen-bond acceptors (Lipinski definition) is 5. The molecule has 0 bridgehead atoms. The van der Waals surface area contributed by atoms with Gasteiger partial charge in [0.1, 0.15) is 17.7 Å². The van der Waals surface area contributed by atoms with Crippen molar-refractivity contribution in [2.45, 2.75) is 25.9 Å². The Bertz CT molecular complexity index is 643. The Morgan fingerprint density at radius 3 is 2.86 bits per heavy atom. The zero-order chi connectivity index (χ0) is 14.8. The van der Waals surface area contributed by atoms with Gasteiger partial charge in [-0.3, -0.25) is 4.79 Å². The Morgan fingerprint density at radius 1 is 1.43 bits per heavy atom. The van der Waals surface area contributed by atoms with Crippen molar-refractivity contribution in [2.75, 3.05) is 11.9 Å². The second kappa shape index (κ2) is 5.77. The molecule has 1 aliphatic heterocycles. The van der Waals surface area contributed by atoms with Crippen LogP contribution in [0.2, 0.25) is 0 Å². The first-order chi connectivity index (χ1) is 10.1. The summed E-state index contributed by atoms with van der Waals surface area (Å²) in [5, 5.41) is 3.81. The number of hydrogen-bond donors (Lipinski definition) is 1. The highest BCUT2D eigenvalue weighted by Gasteiger charge is 2.32. The van der Waals surface area contributed by atoms with Crippen molar-refractivity contribution in [1.29, 1.82) is 0 Å². The van der Waals surface area contributed by atoms with Crippen molar-refractivity contribution < 1.29 is 9.18 Å². The molecule has 1 aliphatic rings. The van der Waals surface area contributed by atoms with Crippen LogP contribution >= 0.6 is 11.5 Å². The summed E-state index contributed by atoms with van der Waals surface area (Å²) in [6.07, 6.45) is 0.735. The predicted molar refractivity (Wildman–Crippen MR) is 78.5 cm³/mol. The molecule has 1 unspecified atom stereocenters. The SMILES string of the molecule is Cc1nsc(NC2CCN(Cc3ccc(F)cc3)C2=O)n1. The average Bonchev–Trinajstić information content (AvgIpc) is 3.02. The van der Waals surface area contributed by atoms with E-state index >= 15 is 0 Å². The molecule has 1 amide bonds. The van der Waals surface area contributed by atoms with Gasteiger partial charge in [-0.05, 0) is 31.0 Å². The molecule has 0 saturated carbocycles. The molecular weight excluding hydrogens is 291 g/mol. The lowest BCUT2D eigenvalue weighted by Crippen LogP contribution is -2.33. The van der Waals surface area contributed by atoms with Crippen LogP contribution in [0.15, 0.2) is 24.3 Å². The number of likely N-dealkylation sites (tertiary alicyclic amines) is 1. The molecule has 0 radical (unpaired) electrons. The van der Waals surface area contributed by atoms with Crippen LogP contribution in [-0.2, 0) is 11.3 Å². The molecule has 1 aromatic heterocycles. The van der Waals surface area contributed by atoms with Crippen LogP contribution in [-0.4, -0.2) is 32.8 Å². The van der Waals surface area contributed by atoms with Crippen LogP contribution in [0, 0.1) is 12.7 Å². The third-order valence-electron chi connectivity index (χ3n) is 3.41. The zero-order valence-corrected chi connectivity index (χ0v) is 12.4. The summed E-state index contributed by atoms with van der Waals surface area (Å²) in [6, 6.07) is 5.98. The molecule has 1 fully saturated rings. The Morgan fingerprint density at radius 2 is 2.19 bits per heavy atom. The first-order valence-electron chi connectivity index (χ1n) is 6.72. The van der Waals surface area contributed by atoms with E-state index in [9.17, 15) is 9.18 Å². The largest absolute Gasteiger partial charge is 0.348 e. The molecule has 2 heterocycles. The summed E-state index contributed by atoms with van der Waals surface area (Å²) < 4.78 is 17.0. The fourth-order valence-electron chi connectivity index (χ4n) is 2.34. The monoisotopic (exact) mass is 306 g/mol. The maximum atomic E-state index is 12.9. The van der Waals surface area contributed by atoms with Crippen molar-refractivity contribution in [2.24, 2.45) is 0 Å².